The fourth-order valence-electron chi connectivity index (χ4n) is 1.96. The number of rotatable bonds is 6. The van der Waals surface area contributed by atoms with Gasteiger partial charge in [-0.2, -0.15) is 0 Å². The van der Waals surface area contributed by atoms with Crippen LogP contribution in [0.15, 0.2) is 42.5 Å². The number of carbonyl (C=O) groups is 1. The predicted octanol–water partition coefficient (Wildman–Crippen LogP) is 3.52. The number of nitro groups is 1. The molecule has 0 amide bonds. The second-order valence-corrected chi connectivity index (χ2v) is 4.56. The van der Waals surface area contributed by atoms with Crippen molar-refractivity contribution in [3.05, 3.63) is 58.1 Å². The lowest BCUT2D eigenvalue weighted by Gasteiger charge is -2.09. The van der Waals surface area contributed by atoms with Crippen LogP contribution in [0.5, 0.6) is 5.75 Å². The zero-order chi connectivity index (χ0) is 16.8. The Labute approximate surface area is 133 Å². The number of anilines is 2. The molecule has 0 fully saturated rings. The smallest absolute Gasteiger partial charge is 0.338 e. The first kappa shape index (κ1) is 16.3. The van der Waals surface area contributed by atoms with E-state index >= 15 is 0 Å². The largest absolute Gasteiger partial charge is 0.497 e. The van der Waals surface area contributed by atoms with Crippen LogP contribution in [-0.2, 0) is 4.74 Å². The van der Waals surface area contributed by atoms with E-state index in [4.69, 9.17) is 9.47 Å². The quantitative estimate of drug-likeness (QED) is 0.498. The van der Waals surface area contributed by atoms with E-state index in [0.717, 1.165) is 0 Å². The minimum atomic E-state index is -0.591. The lowest BCUT2D eigenvalue weighted by atomic mass is 10.1. The highest BCUT2D eigenvalue weighted by Gasteiger charge is 2.18. The maximum Gasteiger partial charge on any atom is 0.338 e. The Kier molecular flexibility index (Phi) is 5.14. The van der Waals surface area contributed by atoms with Gasteiger partial charge in [0.2, 0.25) is 0 Å². The molecule has 0 aliphatic heterocycles. The molecule has 120 valence electrons. The molecule has 0 unspecified atom stereocenters. The van der Waals surface area contributed by atoms with Gasteiger partial charge in [0.25, 0.3) is 5.69 Å². The van der Waals surface area contributed by atoms with Crippen molar-refractivity contribution in [3.63, 3.8) is 0 Å². The minimum absolute atomic E-state index is 0.138. The topological polar surface area (TPSA) is 90.7 Å². The first-order chi connectivity index (χ1) is 11.0. The van der Waals surface area contributed by atoms with E-state index in [0.29, 0.717) is 11.4 Å². The van der Waals surface area contributed by atoms with Crippen LogP contribution in [0.2, 0.25) is 0 Å². The lowest BCUT2D eigenvalue weighted by molar-refractivity contribution is -0.383. The zero-order valence-electron chi connectivity index (χ0n) is 12.7. The first-order valence-corrected chi connectivity index (χ1v) is 6.91. The maximum absolute atomic E-state index is 11.7. The molecule has 0 bridgehead atoms. The standard InChI is InChI=1S/C16H16N2O5/c1-3-23-16(19)11-4-9-14(15(10-11)18(20)21)17-12-5-7-13(22-2)8-6-12/h4-10,17H,3H2,1-2H3. The van der Waals surface area contributed by atoms with Gasteiger partial charge in [0.15, 0.2) is 0 Å². The van der Waals surface area contributed by atoms with Crippen molar-refractivity contribution in [1.29, 1.82) is 0 Å². The van der Waals surface area contributed by atoms with Crippen LogP contribution in [0.25, 0.3) is 0 Å². The Morgan fingerprint density at radius 3 is 2.48 bits per heavy atom. The first-order valence-electron chi connectivity index (χ1n) is 6.91. The number of nitrogens with zero attached hydrogens (tertiary/aromatic N) is 1. The second-order valence-electron chi connectivity index (χ2n) is 4.56. The van der Waals surface area contributed by atoms with Gasteiger partial charge < -0.3 is 14.8 Å². The molecule has 0 saturated heterocycles. The van der Waals surface area contributed by atoms with E-state index in [1.165, 1.54) is 18.2 Å². The number of methoxy groups -OCH3 is 1. The molecule has 0 spiro atoms. The summed E-state index contributed by atoms with van der Waals surface area (Å²) in [4.78, 5) is 22.4. The molecular formula is C16H16N2O5. The Hall–Kier alpha value is -3.09. The van der Waals surface area contributed by atoms with E-state index in [2.05, 4.69) is 5.32 Å². The van der Waals surface area contributed by atoms with Crippen LogP contribution >= 0.6 is 0 Å². The van der Waals surface area contributed by atoms with Crippen molar-refractivity contribution in [2.24, 2.45) is 0 Å². The van der Waals surface area contributed by atoms with Gasteiger partial charge in [-0.25, -0.2) is 4.79 Å². The molecule has 1 N–H and O–H groups in total. The third-order valence-corrected chi connectivity index (χ3v) is 3.07. The number of hydrogen-bond acceptors (Lipinski definition) is 6. The number of nitrogens with one attached hydrogen (secondary N) is 1. The van der Waals surface area contributed by atoms with Crippen molar-refractivity contribution < 1.29 is 19.2 Å². The van der Waals surface area contributed by atoms with Gasteiger partial charge in [-0.3, -0.25) is 10.1 Å². The number of benzene rings is 2. The predicted molar refractivity (Wildman–Crippen MR) is 85.3 cm³/mol. The van der Waals surface area contributed by atoms with Crippen LogP contribution in [0.4, 0.5) is 17.1 Å². The van der Waals surface area contributed by atoms with Crippen molar-refractivity contribution in [3.8, 4) is 5.75 Å². The fraction of sp³-hybridized carbons (Fsp3) is 0.188. The van der Waals surface area contributed by atoms with Gasteiger partial charge in [0, 0.05) is 11.8 Å². The summed E-state index contributed by atoms with van der Waals surface area (Å²) < 4.78 is 9.91. The molecule has 0 heterocycles. The molecule has 2 aromatic rings. The average Bonchev–Trinajstić information content (AvgIpc) is 2.56. The molecule has 0 aromatic heterocycles. The summed E-state index contributed by atoms with van der Waals surface area (Å²) in [6, 6.07) is 11.1. The van der Waals surface area contributed by atoms with Gasteiger partial charge in [-0.15, -0.1) is 0 Å². The van der Waals surface area contributed by atoms with Gasteiger partial charge in [-0.1, -0.05) is 0 Å². The Morgan fingerprint density at radius 2 is 1.91 bits per heavy atom. The van der Waals surface area contributed by atoms with Gasteiger partial charge in [-0.05, 0) is 43.3 Å². The number of esters is 1. The van der Waals surface area contributed by atoms with E-state index in [1.807, 2.05) is 0 Å². The van der Waals surface area contributed by atoms with Gasteiger partial charge in [0.1, 0.15) is 11.4 Å². The van der Waals surface area contributed by atoms with Crippen molar-refractivity contribution >= 4 is 23.0 Å². The second kappa shape index (κ2) is 7.26. The molecule has 0 aliphatic carbocycles. The van der Waals surface area contributed by atoms with Gasteiger partial charge >= 0.3 is 5.97 Å². The molecule has 7 nitrogen and oxygen atoms in total. The van der Waals surface area contributed by atoms with Crippen LogP contribution in [0, 0.1) is 10.1 Å². The molecule has 23 heavy (non-hydrogen) atoms. The molecule has 2 aromatic carbocycles. The Morgan fingerprint density at radius 1 is 1.22 bits per heavy atom. The summed E-state index contributed by atoms with van der Waals surface area (Å²) in [5.41, 5.74) is 0.885. The summed E-state index contributed by atoms with van der Waals surface area (Å²) in [5, 5.41) is 14.2. The number of nitro benzene ring substituents is 1. The third-order valence-electron chi connectivity index (χ3n) is 3.07. The summed E-state index contributed by atoms with van der Waals surface area (Å²) >= 11 is 0. The van der Waals surface area contributed by atoms with Crippen molar-refractivity contribution in [1.82, 2.24) is 0 Å². The van der Waals surface area contributed by atoms with E-state index < -0.39 is 10.9 Å². The van der Waals surface area contributed by atoms with Crippen molar-refractivity contribution in [2.75, 3.05) is 19.0 Å². The highest BCUT2D eigenvalue weighted by Crippen LogP contribution is 2.29. The van der Waals surface area contributed by atoms with Crippen LogP contribution in [-0.4, -0.2) is 24.6 Å². The Bertz CT molecular complexity index is 713. The normalized spacial score (nSPS) is 10.0. The molecule has 0 radical (unpaired) electrons. The summed E-state index contributed by atoms with van der Waals surface area (Å²) in [6.45, 7) is 1.88. The number of ether oxygens (including phenoxy) is 2. The summed E-state index contributed by atoms with van der Waals surface area (Å²) in [6.07, 6.45) is 0. The zero-order valence-corrected chi connectivity index (χ0v) is 12.7. The molecular weight excluding hydrogens is 300 g/mol. The van der Waals surface area contributed by atoms with Crippen molar-refractivity contribution in [2.45, 2.75) is 6.92 Å². The molecule has 0 atom stereocenters. The minimum Gasteiger partial charge on any atom is -0.497 e. The SMILES string of the molecule is CCOC(=O)c1ccc(Nc2ccc(OC)cc2)c([N+](=O)[O-])c1. The lowest BCUT2D eigenvalue weighted by Crippen LogP contribution is -2.06. The monoisotopic (exact) mass is 316 g/mol. The fourth-order valence-corrected chi connectivity index (χ4v) is 1.96. The highest BCUT2D eigenvalue weighted by atomic mass is 16.6. The van der Waals surface area contributed by atoms with E-state index in [9.17, 15) is 14.9 Å². The van der Waals surface area contributed by atoms with Crippen LogP contribution < -0.4 is 10.1 Å². The summed E-state index contributed by atoms with van der Waals surface area (Å²) in [7, 11) is 1.56. The number of carbonyl (C=O) groups excluding carboxylic acids is 1. The Balaban J connectivity index is 2.30. The maximum atomic E-state index is 11.7. The molecule has 0 saturated carbocycles. The van der Waals surface area contributed by atoms with E-state index in [-0.39, 0.29) is 23.5 Å². The molecule has 2 rings (SSSR count). The van der Waals surface area contributed by atoms with E-state index in [1.54, 1.807) is 38.3 Å². The number of hydrogen-bond donors (Lipinski definition) is 1. The summed E-state index contributed by atoms with van der Waals surface area (Å²) in [5.74, 6) is 0.0920. The third kappa shape index (κ3) is 3.97. The molecule has 0 aliphatic rings. The molecule has 7 heteroatoms. The average molecular weight is 316 g/mol. The van der Waals surface area contributed by atoms with Gasteiger partial charge in [0.05, 0.1) is 24.2 Å². The van der Waals surface area contributed by atoms with Crippen LogP contribution in [0.1, 0.15) is 17.3 Å². The highest BCUT2D eigenvalue weighted by molar-refractivity contribution is 5.91. The van der Waals surface area contributed by atoms with Crippen LogP contribution in [0.3, 0.4) is 0 Å².